The SMILES string of the molecule is COCc1ccccc1C(=O)NCc1cc(Br)ccc1OC(F)F. The van der Waals surface area contributed by atoms with E-state index in [2.05, 4.69) is 26.0 Å². The summed E-state index contributed by atoms with van der Waals surface area (Å²) in [6.45, 7) is -2.56. The number of nitrogens with one attached hydrogen (secondary N) is 1. The minimum Gasteiger partial charge on any atom is -0.434 e. The van der Waals surface area contributed by atoms with E-state index in [9.17, 15) is 13.6 Å². The third-order valence-electron chi connectivity index (χ3n) is 3.24. The average Bonchev–Trinajstić information content (AvgIpc) is 2.55. The number of hydrogen-bond donors (Lipinski definition) is 1. The summed E-state index contributed by atoms with van der Waals surface area (Å²) in [5.41, 5.74) is 1.67. The Kier molecular flexibility index (Phi) is 6.69. The molecule has 0 unspecified atom stereocenters. The molecule has 0 aliphatic carbocycles. The fraction of sp³-hybridized carbons (Fsp3) is 0.235. The van der Waals surface area contributed by atoms with E-state index in [0.29, 0.717) is 22.2 Å². The van der Waals surface area contributed by atoms with Gasteiger partial charge in [0.1, 0.15) is 5.75 Å². The van der Waals surface area contributed by atoms with Gasteiger partial charge in [0.25, 0.3) is 5.91 Å². The van der Waals surface area contributed by atoms with Crippen LogP contribution in [-0.2, 0) is 17.9 Å². The van der Waals surface area contributed by atoms with Crippen molar-refractivity contribution < 1.29 is 23.0 Å². The first-order valence-corrected chi connectivity index (χ1v) is 7.89. The summed E-state index contributed by atoms with van der Waals surface area (Å²) >= 11 is 3.27. The second kappa shape index (κ2) is 8.75. The summed E-state index contributed by atoms with van der Waals surface area (Å²) in [5, 5.41) is 2.71. The zero-order valence-corrected chi connectivity index (χ0v) is 14.5. The second-order valence-electron chi connectivity index (χ2n) is 4.90. The van der Waals surface area contributed by atoms with Crippen LogP contribution in [0.4, 0.5) is 8.78 Å². The summed E-state index contributed by atoms with van der Waals surface area (Å²) in [7, 11) is 1.55. The molecule has 0 fully saturated rings. The van der Waals surface area contributed by atoms with Crippen LogP contribution >= 0.6 is 15.9 Å². The Hall–Kier alpha value is -1.99. The van der Waals surface area contributed by atoms with Crippen LogP contribution in [-0.4, -0.2) is 19.6 Å². The van der Waals surface area contributed by atoms with E-state index in [1.807, 2.05) is 6.07 Å². The van der Waals surface area contributed by atoms with Crippen LogP contribution in [0.1, 0.15) is 21.5 Å². The van der Waals surface area contributed by atoms with Gasteiger partial charge in [-0.25, -0.2) is 0 Å². The van der Waals surface area contributed by atoms with Crippen molar-refractivity contribution in [2.75, 3.05) is 7.11 Å². The van der Waals surface area contributed by atoms with Gasteiger partial charge in [-0.3, -0.25) is 4.79 Å². The van der Waals surface area contributed by atoms with Gasteiger partial charge >= 0.3 is 6.61 Å². The molecule has 0 aliphatic heterocycles. The number of methoxy groups -OCH3 is 1. The first-order chi connectivity index (χ1) is 11.5. The quantitative estimate of drug-likeness (QED) is 0.761. The number of alkyl halides is 2. The van der Waals surface area contributed by atoms with Crippen molar-refractivity contribution in [3.63, 3.8) is 0 Å². The molecule has 0 heterocycles. The highest BCUT2D eigenvalue weighted by Crippen LogP contribution is 2.25. The molecule has 7 heteroatoms. The van der Waals surface area contributed by atoms with Crippen molar-refractivity contribution in [1.82, 2.24) is 5.32 Å². The maximum Gasteiger partial charge on any atom is 0.387 e. The average molecular weight is 400 g/mol. The molecule has 0 bridgehead atoms. The van der Waals surface area contributed by atoms with Crippen LogP contribution in [0.15, 0.2) is 46.9 Å². The highest BCUT2D eigenvalue weighted by molar-refractivity contribution is 9.10. The van der Waals surface area contributed by atoms with Gasteiger partial charge in [0.15, 0.2) is 0 Å². The number of carbonyl (C=O) groups is 1. The fourth-order valence-corrected chi connectivity index (χ4v) is 2.60. The minimum absolute atomic E-state index is 0.0266. The van der Waals surface area contributed by atoms with E-state index in [4.69, 9.17) is 4.74 Å². The standard InChI is InChI=1S/C17H16BrF2NO3/c1-23-10-11-4-2-3-5-14(11)16(22)21-9-12-8-13(18)6-7-15(12)24-17(19)20/h2-8,17H,9-10H2,1H3,(H,21,22). The molecule has 0 aliphatic rings. The van der Waals surface area contributed by atoms with E-state index >= 15 is 0 Å². The van der Waals surface area contributed by atoms with Gasteiger partial charge in [-0.05, 0) is 29.8 Å². The number of amides is 1. The molecule has 0 aromatic heterocycles. The Bertz CT molecular complexity index is 710. The van der Waals surface area contributed by atoms with Gasteiger partial charge in [0.05, 0.1) is 6.61 Å². The molecule has 0 saturated carbocycles. The molecule has 2 rings (SSSR count). The molecule has 0 radical (unpaired) electrons. The topological polar surface area (TPSA) is 47.6 Å². The Balaban J connectivity index is 2.13. The third kappa shape index (κ3) is 5.01. The molecule has 2 aromatic rings. The molecule has 24 heavy (non-hydrogen) atoms. The van der Waals surface area contributed by atoms with Crippen LogP contribution in [0.25, 0.3) is 0 Å². The van der Waals surface area contributed by atoms with Crippen LogP contribution in [0, 0.1) is 0 Å². The lowest BCUT2D eigenvalue weighted by atomic mass is 10.1. The van der Waals surface area contributed by atoms with Crippen LogP contribution in [0.2, 0.25) is 0 Å². The summed E-state index contributed by atoms with van der Waals surface area (Å²) in [5.74, 6) is -0.288. The first-order valence-electron chi connectivity index (χ1n) is 7.09. The summed E-state index contributed by atoms with van der Waals surface area (Å²) in [6.07, 6.45) is 0. The highest BCUT2D eigenvalue weighted by Gasteiger charge is 2.14. The predicted molar refractivity (Wildman–Crippen MR) is 89.1 cm³/mol. The molecule has 0 saturated heterocycles. The van der Waals surface area contributed by atoms with Crippen molar-refractivity contribution >= 4 is 21.8 Å². The van der Waals surface area contributed by atoms with Crippen molar-refractivity contribution in [2.45, 2.75) is 19.8 Å². The molecular formula is C17H16BrF2NO3. The van der Waals surface area contributed by atoms with E-state index in [-0.39, 0.29) is 18.2 Å². The number of hydrogen-bond acceptors (Lipinski definition) is 3. The van der Waals surface area contributed by atoms with E-state index in [1.54, 1.807) is 37.4 Å². The van der Waals surface area contributed by atoms with Crippen molar-refractivity contribution in [1.29, 1.82) is 0 Å². The zero-order valence-electron chi connectivity index (χ0n) is 12.9. The van der Waals surface area contributed by atoms with Crippen molar-refractivity contribution in [3.8, 4) is 5.75 Å². The van der Waals surface area contributed by atoms with Crippen LogP contribution in [0.5, 0.6) is 5.75 Å². The van der Waals surface area contributed by atoms with Gasteiger partial charge < -0.3 is 14.8 Å². The van der Waals surface area contributed by atoms with Gasteiger partial charge in [0.2, 0.25) is 0 Å². The van der Waals surface area contributed by atoms with E-state index in [0.717, 1.165) is 5.56 Å². The van der Waals surface area contributed by atoms with Gasteiger partial charge in [-0.15, -0.1) is 0 Å². The molecule has 0 atom stereocenters. The smallest absolute Gasteiger partial charge is 0.387 e. The van der Waals surface area contributed by atoms with Gasteiger partial charge in [-0.1, -0.05) is 34.1 Å². The lowest BCUT2D eigenvalue weighted by Crippen LogP contribution is -2.24. The lowest BCUT2D eigenvalue weighted by Gasteiger charge is -2.13. The summed E-state index contributed by atoms with van der Waals surface area (Å²) in [6, 6.07) is 11.7. The first kappa shape index (κ1) is 18.4. The third-order valence-corrected chi connectivity index (χ3v) is 3.73. The Morgan fingerprint density at radius 2 is 1.96 bits per heavy atom. The maximum absolute atomic E-state index is 12.5. The minimum atomic E-state index is -2.93. The Morgan fingerprint density at radius 3 is 2.67 bits per heavy atom. The molecule has 1 amide bonds. The predicted octanol–water partition coefficient (Wildman–Crippen LogP) is 4.13. The summed E-state index contributed by atoms with van der Waals surface area (Å²) in [4.78, 5) is 12.4. The fourth-order valence-electron chi connectivity index (χ4n) is 2.19. The Morgan fingerprint density at radius 1 is 1.21 bits per heavy atom. The number of carbonyl (C=O) groups excluding carboxylic acids is 1. The largest absolute Gasteiger partial charge is 0.434 e. The molecule has 0 spiro atoms. The molecule has 1 N–H and O–H groups in total. The van der Waals surface area contributed by atoms with Gasteiger partial charge in [-0.2, -0.15) is 8.78 Å². The van der Waals surface area contributed by atoms with E-state index < -0.39 is 6.61 Å². The Labute approximate surface area is 146 Å². The number of rotatable bonds is 7. The lowest BCUT2D eigenvalue weighted by molar-refractivity contribution is -0.0504. The normalized spacial score (nSPS) is 10.7. The molecular weight excluding hydrogens is 384 g/mol. The van der Waals surface area contributed by atoms with Crippen LogP contribution in [0.3, 0.4) is 0 Å². The van der Waals surface area contributed by atoms with Crippen LogP contribution < -0.4 is 10.1 Å². The number of halogens is 3. The number of ether oxygens (including phenoxy) is 2. The monoisotopic (exact) mass is 399 g/mol. The number of benzene rings is 2. The maximum atomic E-state index is 12.5. The second-order valence-corrected chi connectivity index (χ2v) is 5.82. The van der Waals surface area contributed by atoms with Gasteiger partial charge in [0, 0.05) is 29.3 Å². The highest BCUT2D eigenvalue weighted by atomic mass is 79.9. The van der Waals surface area contributed by atoms with Crippen molar-refractivity contribution in [3.05, 3.63) is 63.6 Å². The van der Waals surface area contributed by atoms with Crippen molar-refractivity contribution in [2.24, 2.45) is 0 Å². The molecule has 128 valence electrons. The molecule has 2 aromatic carbocycles. The van der Waals surface area contributed by atoms with E-state index in [1.165, 1.54) is 6.07 Å². The zero-order chi connectivity index (χ0) is 17.5. The summed E-state index contributed by atoms with van der Waals surface area (Å²) < 4.78 is 35.2. The molecule has 4 nitrogen and oxygen atoms in total.